The molecule has 3 aliphatic rings. The fourth-order valence-electron chi connectivity index (χ4n) is 5.63. The van der Waals surface area contributed by atoms with Gasteiger partial charge in [-0.25, -0.2) is 15.1 Å². The molecule has 184 valence electrons. The lowest BCUT2D eigenvalue weighted by molar-refractivity contribution is -0.166. The maximum Gasteiger partial charge on any atom is 0.407 e. The average molecular weight is 481 g/mol. The number of hydrogen-bond acceptors (Lipinski definition) is 6. The summed E-state index contributed by atoms with van der Waals surface area (Å²) in [5, 5.41) is 12.0. The molecule has 0 bridgehead atoms. The van der Waals surface area contributed by atoms with Crippen molar-refractivity contribution >= 4 is 18.0 Å². The Bertz CT molecular complexity index is 1110. The zero-order chi connectivity index (χ0) is 24.6. The number of hydroxylamine groups is 1. The Morgan fingerprint density at radius 1 is 1.06 bits per heavy atom. The van der Waals surface area contributed by atoms with Crippen LogP contribution in [0.4, 0.5) is 4.79 Å². The lowest BCUT2D eigenvalue weighted by atomic mass is 9.98. The van der Waals surface area contributed by atoms with Crippen LogP contribution in [0.25, 0.3) is 11.1 Å². The van der Waals surface area contributed by atoms with Gasteiger partial charge in [0.25, 0.3) is 0 Å². The number of fused-ring (bicyclic) bond motifs is 4. The number of ether oxygens (including phenoxy) is 2. The number of carboxylic acid groups (broad SMARTS) is 1. The highest BCUT2D eigenvalue weighted by Gasteiger charge is 2.65. The third kappa shape index (κ3) is 4.37. The van der Waals surface area contributed by atoms with E-state index in [0.29, 0.717) is 19.3 Å². The first kappa shape index (κ1) is 23.3. The van der Waals surface area contributed by atoms with Gasteiger partial charge in [0.05, 0.1) is 12.0 Å². The molecule has 35 heavy (non-hydrogen) atoms. The number of alkyl carbamates (subject to hydrolysis) is 1. The summed E-state index contributed by atoms with van der Waals surface area (Å²) >= 11 is 0. The number of methoxy groups -OCH3 is 1. The monoisotopic (exact) mass is 480 g/mol. The normalized spacial score (nSPS) is 24.6. The number of rotatable bonds is 9. The molecule has 3 N–H and O–H groups in total. The third-order valence-electron chi connectivity index (χ3n) is 7.42. The molecular formula is C26H28N2O7. The molecule has 3 aliphatic carbocycles. The molecule has 2 saturated carbocycles. The van der Waals surface area contributed by atoms with Gasteiger partial charge in [0.1, 0.15) is 6.61 Å². The zero-order valence-corrected chi connectivity index (χ0v) is 19.4. The highest BCUT2D eigenvalue weighted by molar-refractivity contribution is 5.86. The van der Waals surface area contributed by atoms with Crippen molar-refractivity contribution < 1.29 is 33.8 Å². The smallest absolute Gasteiger partial charge is 0.407 e. The molecule has 9 heteroatoms. The van der Waals surface area contributed by atoms with E-state index in [9.17, 15) is 14.4 Å². The van der Waals surface area contributed by atoms with Crippen LogP contribution in [-0.4, -0.2) is 55.5 Å². The highest BCUT2D eigenvalue weighted by atomic mass is 16.7. The lowest BCUT2D eigenvalue weighted by Crippen LogP contribution is -2.41. The van der Waals surface area contributed by atoms with Gasteiger partial charge < -0.3 is 19.9 Å². The molecule has 0 aliphatic heterocycles. The Labute approximate surface area is 202 Å². The third-order valence-corrected chi connectivity index (χ3v) is 7.42. The molecule has 0 radical (unpaired) electrons. The SMILES string of the molecule is COCC(ONC(=O)[C@@]12C[C@@H](NC(=O)OCC3c4ccccc4-c4ccccc43)C[C@@H]1C2)C(=O)O. The fourth-order valence-corrected chi connectivity index (χ4v) is 5.63. The van der Waals surface area contributed by atoms with E-state index >= 15 is 0 Å². The topological polar surface area (TPSA) is 123 Å². The van der Waals surface area contributed by atoms with Crippen LogP contribution >= 0.6 is 0 Å². The van der Waals surface area contributed by atoms with E-state index in [2.05, 4.69) is 35.1 Å². The summed E-state index contributed by atoms with van der Waals surface area (Å²) in [6.45, 7) is 0.0452. The van der Waals surface area contributed by atoms with E-state index in [0.717, 1.165) is 11.1 Å². The Hall–Kier alpha value is -3.43. The maximum absolute atomic E-state index is 12.7. The van der Waals surface area contributed by atoms with E-state index in [4.69, 9.17) is 19.4 Å². The van der Waals surface area contributed by atoms with E-state index in [1.165, 1.54) is 18.2 Å². The van der Waals surface area contributed by atoms with Gasteiger partial charge in [0.2, 0.25) is 12.0 Å². The highest BCUT2D eigenvalue weighted by Crippen LogP contribution is 2.63. The van der Waals surface area contributed by atoms with Crippen LogP contribution in [0, 0.1) is 11.3 Å². The lowest BCUT2D eigenvalue weighted by Gasteiger charge is -2.20. The van der Waals surface area contributed by atoms with Crippen LogP contribution < -0.4 is 10.8 Å². The van der Waals surface area contributed by atoms with E-state index in [1.807, 2.05) is 24.3 Å². The van der Waals surface area contributed by atoms with Crippen LogP contribution in [0.1, 0.15) is 36.3 Å². The van der Waals surface area contributed by atoms with Crippen molar-refractivity contribution in [2.75, 3.05) is 20.3 Å². The predicted molar refractivity (Wildman–Crippen MR) is 124 cm³/mol. The first-order chi connectivity index (χ1) is 16.9. The number of nitrogens with one attached hydrogen (secondary N) is 2. The van der Waals surface area contributed by atoms with Crippen molar-refractivity contribution in [3.8, 4) is 11.1 Å². The second kappa shape index (κ2) is 9.31. The molecule has 5 rings (SSSR count). The molecule has 1 unspecified atom stereocenters. The Morgan fingerprint density at radius 2 is 1.71 bits per heavy atom. The quantitative estimate of drug-likeness (QED) is 0.472. The molecule has 4 atom stereocenters. The molecule has 9 nitrogen and oxygen atoms in total. The first-order valence-corrected chi connectivity index (χ1v) is 11.7. The second-order valence-corrected chi connectivity index (χ2v) is 9.50. The van der Waals surface area contributed by atoms with Gasteiger partial charge >= 0.3 is 12.1 Å². The largest absolute Gasteiger partial charge is 0.479 e. The molecular weight excluding hydrogens is 452 g/mol. The Kier molecular flexibility index (Phi) is 6.21. The van der Waals surface area contributed by atoms with Crippen LogP contribution in [0.2, 0.25) is 0 Å². The number of hydrogen-bond donors (Lipinski definition) is 3. The summed E-state index contributed by atoms with van der Waals surface area (Å²) in [6, 6.07) is 16.1. The number of amides is 2. The molecule has 2 aromatic carbocycles. The second-order valence-electron chi connectivity index (χ2n) is 9.50. The van der Waals surface area contributed by atoms with Crippen molar-refractivity contribution in [1.82, 2.24) is 10.8 Å². The fraction of sp³-hybridized carbons (Fsp3) is 0.423. The minimum Gasteiger partial charge on any atom is -0.479 e. The summed E-state index contributed by atoms with van der Waals surface area (Å²) in [4.78, 5) is 41.5. The summed E-state index contributed by atoms with van der Waals surface area (Å²) in [7, 11) is 1.35. The van der Waals surface area contributed by atoms with E-state index < -0.39 is 23.6 Å². The minimum atomic E-state index is -1.28. The molecule has 0 saturated heterocycles. The molecule has 2 aromatic rings. The van der Waals surface area contributed by atoms with Crippen LogP contribution in [-0.2, 0) is 23.9 Å². The van der Waals surface area contributed by atoms with E-state index in [1.54, 1.807) is 0 Å². The predicted octanol–water partition coefficient (Wildman–Crippen LogP) is 2.84. The van der Waals surface area contributed by atoms with Crippen molar-refractivity contribution in [2.24, 2.45) is 11.3 Å². The Morgan fingerprint density at radius 3 is 2.34 bits per heavy atom. The molecule has 2 amide bonds. The van der Waals surface area contributed by atoms with Crippen molar-refractivity contribution in [3.05, 3.63) is 59.7 Å². The summed E-state index contributed by atoms with van der Waals surface area (Å²) < 4.78 is 10.4. The standard InChI is InChI=1S/C26H28N2O7/c1-33-14-22(23(29)30)35-28-24(31)26-11-15(26)10-16(12-26)27-25(32)34-13-21-19-8-4-2-6-17(19)18-7-3-5-9-20(18)21/h2-9,15-16,21-22H,10-14H2,1H3,(H,27,32)(H,28,31)(H,29,30)/t15-,16+,22?,26+/m1/s1. The van der Waals surface area contributed by atoms with Gasteiger partial charge in [0, 0.05) is 19.1 Å². The van der Waals surface area contributed by atoms with Gasteiger partial charge in [-0.3, -0.25) is 9.63 Å². The van der Waals surface area contributed by atoms with Gasteiger partial charge in [-0.05, 0) is 47.4 Å². The van der Waals surface area contributed by atoms with Crippen LogP contribution in [0.3, 0.4) is 0 Å². The minimum absolute atomic E-state index is 0.0197. The number of carbonyl (C=O) groups is 3. The zero-order valence-electron chi connectivity index (χ0n) is 19.4. The summed E-state index contributed by atoms with van der Waals surface area (Å²) in [5.74, 6) is -1.48. The average Bonchev–Trinajstić information content (AvgIpc) is 3.28. The molecule has 0 spiro atoms. The van der Waals surface area contributed by atoms with Crippen molar-refractivity contribution in [2.45, 2.75) is 37.3 Å². The van der Waals surface area contributed by atoms with Gasteiger partial charge in [-0.15, -0.1) is 0 Å². The Balaban J connectivity index is 1.14. The molecule has 2 fully saturated rings. The molecule has 0 heterocycles. The number of carboxylic acids is 1. The number of benzene rings is 2. The first-order valence-electron chi connectivity index (χ1n) is 11.7. The number of aliphatic carboxylic acids is 1. The van der Waals surface area contributed by atoms with E-state index in [-0.39, 0.29) is 37.0 Å². The van der Waals surface area contributed by atoms with Crippen molar-refractivity contribution in [1.29, 1.82) is 0 Å². The van der Waals surface area contributed by atoms with Gasteiger partial charge in [-0.2, -0.15) is 0 Å². The van der Waals surface area contributed by atoms with Gasteiger partial charge in [-0.1, -0.05) is 48.5 Å². The maximum atomic E-state index is 12.7. The van der Waals surface area contributed by atoms with Crippen LogP contribution in [0.15, 0.2) is 48.5 Å². The number of carbonyl (C=O) groups excluding carboxylic acids is 2. The molecule has 0 aromatic heterocycles. The summed E-state index contributed by atoms with van der Waals surface area (Å²) in [6.07, 6.45) is 0.0224. The van der Waals surface area contributed by atoms with Crippen molar-refractivity contribution in [3.63, 3.8) is 0 Å². The van der Waals surface area contributed by atoms with Gasteiger partial charge in [0.15, 0.2) is 0 Å². The van der Waals surface area contributed by atoms with Crippen LogP contribution in [0.5, 0.6) is 0 Å². The summed E-state index contributed by atoms with van der Waals surface area (Å²) in [5.41, 5.74) is 6.27.